The average molecular weight is 508 g/mol. The molecule has 3 N–H and O–H groups in total. The van der Waals surface area contributed by atoms with Gasteiger partial charge in [0.15, 0.2) is 12.6 Å². The molecule has 2 aromatic rings. The van der Waals surface area contributed by atoms with Crippen molar-refractivity contribution in [1.82, 2.24) is 10.2 Å². The summed E-state index contributed by atoms with van der Waals surface area (Å²) < 4.78 is 5.37. The molecule has 0 radical (unpaired) electrons. The first-order valence-corrected chi connectivity index (χ1v) is 9.63. The van der Waals surface area contributed by atoms with Gasteiger partial charge in [-0.3, -0.25) is 9.79 Å². The van der Waals surface area contributed by atoms with E-state index in [0.29, 0.717) is 18.2 Å². The maximum Gasteiger partial charge on any atom is 0.255 e. The van der Waals surface area contributed by atoms with Gasteiger partial charge in [-0.15, -0.1) is 24.0 Å². The molecule has 0 aromatic heterocycles. The number of benzene rings is 2. The van der Waals surface area contributed by atoms with Crippen molar-refractivity contribution < 1.29 is 9.53 Å². The van der Waals surface area contributed by atoms with E-state index in [0.717, 1.165) is 31.0 Å². The standard InChI is InChI=1S/C22H28N4O2.HI/c1-24-22(25-14-18-8-5-9-20(13-18)28-16-21(23)27)26-11-10-19(15-26)12-17-6-3-2-4-7-17;/h2-9,13,19H,10-12,14-16H2,1H3,(H2,23,27)(H,24,25);1H. The third-order valence-corrected chi connectivity index (χ3v) is 4.89. The van der Waals surface area contributed by atoms with Crippen LogP contribution in [0.3, 0.4) is 0 Å². The second-order valence-electron chi connectivity index (χ2n) is 7.09. The number of guanidine groups is 1. The molecular formula is C22H29IN4O2. The zero-order valence-electron chi connectivity index (χ0n) is 16.7. The molecule has 6 nitrogen and oxygen atoms in total. The molecule has 3 rings (SSSR count). The molecule has 1 unspecified atom stereocenters. The van der Waals surface area contributed by atoms with E-state index < -0.39 is 5.91 Å². The third kappa shape index (κ3) is 7.23. The lowest BCUT2D eigenvalue weighted by molar-refractivity contribution is -0.119. The van der Waals surface area contributed by atoms with E-state index in [1.54, 1.807) is 0 Å². The molecule has 0 aliphatic carbocycles. The Morgan fingerprint density at radius 3 is 2.69 bits per heavy atom. The Kier molecular flexibility index (Phi) is 9.24. The van der Waals surface area contributed by atoms with Crippen LogP contribution in [0.1, 0.15) is 17.5 Å². The number of ether oxygens (including phenoxy) is 1. The van der Waals surface area contributed by atoms with E-state index >= 15 is 0 Å². The first-order chi connectivity index (χ1) is 13.6. The smallest absolute Gasteiger partial charge is 0.255 e. The van der Waals surface area contributed by atoms with Gasteiger partial charge in [0.05, 0.1) is 0 Å². The highest BCUT2D eigenvalue weighted by Gasteiger charge is 2.24. The molecule has 1 aliphatic rings. The van der Waals surface area contributed by atoms with Crippen molar-refractivity contribution in [3.05, 3.63) is 65.7 Å². The molecule has 1 amide bonds. The van der Waals surface area contributed by atoms with E-state index in [1.165, 1.54) is 12.0 Å². The van der Waals surface area contributed by atoms with Gasteiger partial charge < -0.3 is 20.7 Å². The van der Waals surface area contributed by atoms with Crippen LogP contribution >= 0.6 is 24.0 Å². The van der Waals surface area contributed by atoms with E-state index in [1.807, 2.05) is 31.3 Å². The molecule has 1 atom stereocenters. The molecule has 29 heavy (non-hydrogen) atoms. The summed E-state index contributed by atoms with van der Waals surface area (Å²) in [5, 5.41) is 3.43. The van der Waals surface area contributed by atoms with Gasteiger partial charge in [-0.05, 0) is 42.0 Å². The molecule has 0 saturated carbocycles. The fourth-order valence-electron chi connectivity index (χ4n) is 3.55. The maximum atomic E-state index is 10.9. The van der Waals surface area contributed by atoms with Crippen molar-refractivity contribution in [1.29, 1.82) is 0 Å². The lowest BCUT2D eigenvalue weighted by Crippen LogP contribution is -2.39. The van der Waals surface area contributed by atoms with Crippen molar-refractivity contribution in [3.8, 4) is 5.75 Å². The van der Waals surface area contributed by atoms with E-state index in [2.05, 4.69) is 45.5 Å². The highest BCUT2D eigenvalue weighted by Crippen LogP contribution is 2.21. The molecule has 1 aliphatic heterocycles. The number of primary amides is 1. The number of likely N-dealkylation sites (tertiary alicyclic amines) is 1. The first-order valence-electron chi connectivity index (χ1n) is 9.63. The molecule has 1 saturated heterocycles. The number of hydrogen-bond donors (Lipinski definition) is 2. The number of nitrogens with two attached hydrogens (primary N) is 1. The number of carbonyl (C=O) groups is 1. The quantitative estimate of drug-likeness (QED) is 0.343. The van der Waals surface area contributed by atoms with Crippen LogP contribution in [0.5, 0.6) is 5.75 Å². The highest BCUT2D eigenvalue weighted by molar-refractivity contribution is 14.0. The molecule has 1 heterocycles. The minimum Gasteiger partial charge on any atom is -0.484 e. The van der Waals surface area contributed by atoms with Gasteiger partial charge in [0.2, 0.25) is 0 Å². The summed E-state index contributed by atoms with van der Waals surface area (Å²) in [6, 6.07) is 18.3. The Hall–Kier alpha value is -2.29. The molecule has 0 spiro atoms. The fourth-order valence-corrected chi connectivity index (χ4v) is 3.55. The van der Waals surface area contributed by atoms with Gasteiger partial charge in [0.1, 0.15) is 5.75 Å². The average Bonchev–Trinajstić information content (AvgIpc) is 3.16. The minimum absolute atomic E-state index is 0. The third-order valence-electron chi connectivity index (χ3n) is 4.89. The van der Waals surface area contributed by atoms with Crippen LogP contribution in [0, 0.1) is 5.92 Å². The molecule has 7 heteroatoms. The molecule has 156 valence electrons. The van der Waals surface area contributed by atoms with E-state index in [-0.39, 0.29) is 30.6 Å². The number of nitrogens with one attached hydrogen (secondary N) is 1. The van der Waals surface area contributed by atoms with Gasteiger partial charge in [-0.2, -0.15) is 0 Å². The Morgan fingerprint density at radius 1 is 1.21 bits per heavy atom. The number of halogens is 1. The fraction of sp³-hybridized carbons (Fsp3) is 0.364. The Balaban J connectivity index is 0.00000300. The zero-order valence-corrected chi connectivity index (χ0v) is 19.0. The van der Waals surface area contributed by atoms with E-state index in [9.17, 15) is 4.79 Å². The number of hydrogen-bond acceptors (Lipinski definition) is 3. The topological polar surface area (TPSA) is 80.0 Å². The number of nitrogens with zero attached hydrogens (tertiary/aromatic N) is 2. The second-order valence-corrected chi connectivity index (χ2v) is 7.09. The first kappa shape index (κ1) is 23.0. The molecular weight excluding hydrogens is 479 g/mol. The molecule has 1 fully saturated rings. The van der Waals surface area contributed by atoms with Crippen LogP contribution in [0.4, 0.5) is 0 Å². The van der Waals surface area contributed by atoms with Crippen LogP contribution in [-0.4, -0.2) is 43.5 Å². The van der Waals surface area contributed by atoms with Crippen LogP contribution in [0.25, 0.3) is 0 Å². The van der Waals surface area contributed by atoms with Gasteiger partial charge >= 0.3 is 0 Å². The summed E-state index contributed by atoms with van der Waals surface area (Å²) in [6.45, 7) is 2.55. The number of aliphatic imine (C=N–C) groups is 1. The lowest BCUT2D eigenvalue weighted by Gasteiger charge is -2.22. The monoisotopic (exact) mass is 508 g/mol. The summed E-state index contributed by atoms with van der Waals surface area (Å²) >= 11 is 0. The number of carbonyl (C=O) groups excluding carboxylic acids is 1. The van der Waals surface area contributed by atoms with Crippen LogP contribution < -0.4 is 15.8 Å². The summed E-state index contributed by atoms with van der Waals surface area (Å²) in [5.74, 6) is 1.71. The summed E-state index contributed by atoms with van der Waals surface area (Å²) in [6.07, 6.45) is 2.28. The van der Waals surface area contributed by atoms with Crippen LogP contribution in [0.2, 0.25) is 0 Å². The highest BCUT2D eigenvalue weighted by atomic mass is 127. The van der Waals surface area contributed by atoms with Crippen molar-refractivity contribution in [2.24, 2.45) is 16.6 Å². The zero-order chi connectivity index (χ0) is 19.8. The van der Waals surface area contributed by atoms with Gasteiger partial charge in [0.25, 0.3) is 5.91 Å². The van der Waals surface area contributed by atoms with Crippen molar-refractivity contribution in [2.75, 3.05) is 26.7 Å². The SMILES string of the molecule is CN=C(NCc1cccc(OCC(N)=O)c1)N1CCC(Cc2ccccc2)C1.I. The predicted octanol–water partition coefficient (Wildman–Crippen LogP) is 2.81. The Morgan fingerprint density at radius 2 is 1.97 bits per heavy atom. The molecule has 0 bridgehead atoms. The van der Waals surface area contributed by atoms with Gasteiger partial charge in [0, 0.05) is 26.7 Å². The largest absolute Gasteiger partial charge is 0.484 e. The van der Waals surface area contributed by atoms with E-state index in [4.69, 9.17) is 10.5 Å². The number of rotatable bonds is 7. The lowest BCUT2D eigenvalue weighted by atomic mass is 9.99. The predicted molar refractivity (Wildman–Crippen MR) is 127 cm³/mol. The Labute approximate surface area is 189 Å². The van der Waals surface area contributed by atoms with Crippen molar-refractivity contribution in [3.63, 3.8) is 0 Å². The van der Waals surface area contributed by atoms with Crippen LogP contribution in [-0.2, 0) is 17.8 Å². The number of amides is 1. The molecule has 2 aromatic carbocycles. The van der Waals surface area contributed by atoms with Crippen molar-refractivity contribution >= 4 is 35.8 Å². The minimum atomic E-state index is -0.483. The normalized spacial score (nSPS) is 16.2. The maximum absolute atomic E-state index is 10.9. The van der Waals surface area contributed by atoms with Crippen LogP contribution in [0.15, 0.2) is 59.6 Å². The summed E-state index contributed by atoms with van der Waals surface area (Å²) in [7, 11) is 1.82. The Bertz CT molecular complexity index is 813. The van der Waals surface area contributed by atoms with Crippen molar-refractivity contribution in [2.45, 2.75) is 19.4 Å². The second kappa shape index (κ2) is 11.6. The van der Waals surface area contributed by atoms with Gasteiger partial charge in [-0.25, -0.2) is 0 Å². The van der Waals surface area contributed by atoms with Gasteiger partial charge in [-0.1, -0.05) is 42.5 Å². The summed E-state index contributed by atoms with van der Waals surface area (Å²) in [4.78, 5) is 17.6. The summed E-state index contributed by atoms with van der Waals surface area (Å²) in [5.41, 5.74) is 7.58.